The smallest absolute Gasteiger partial charge is 0.0697 e. The van der Waals surface area contributed by atoms with Crippen molar-refractivity contribution >= 4 is 23.5 Å². The fourth-order valence-corrected chi connectivity index (χ4v) is 1.31. The maximum absolute atomic E-state index is 6.98. The number of halogens is 1. The molecule has 0 fully saturated rings. The maximum Gasteiger partial charge on any atom is 0.0697 e. The van der Waals surface area contributed by atoms with E-state index in [9.17, 15) is 0 Å². The lowest BCUT2D eigenvalue weighted by atomic mass is 10.2. The third-order valence-electron chi connectivity index (χ3n) is 2.12. The Kier molecular flexibility index (Phi) is 4.47. The predicted octanol–water partition coefficient (Wildman–Crippen LogP) is 2.77. The molecule has 0 amide bonds. The summed E-state index contributed by atoms with van der Waals surface area (Å²) in [5.41, 5.74) is 1.18. The molecule has 76 valence electrons. The first-order valence-electron chi connectivity index (χ1n) is 4.65. The maximum atomic E-state index is 6.98. The average molecular weight is 211 g/mol. The van der Waals surface area contributed by atoms with Crippen LogP contribution in [0.4, 0.5) is 5.69 Å². The Balaban J connectivity index is 2.43. The molecule has 0 bridgehead atoms. The number of rotatable bonds is 5. The number of alkyl halides is 1. The van der Waals surface area contributed by atoms with Crippen molar-refractivity contribution in [1.29, 1.82) is 5.41 Å². The second-order valence-corrected chi connectivity index (χ2v) is 3.79. The van der Waals surface area contributed by atoms with E-state index in [2.05, 4.69) is 17.0 Å². The number of anilines is 1. The van der Waals surface area contributed by atoms with Gasteiger partial charge in [0.15, 0.2) is 0 Å². The van der Waals surface area contributed by atoms with Crippen molar-refractivity contribution in [3.05, 3.63) is 30.3 Å². The van der Waals surface area contributed by atoms with Crippen molar-refractivity contribution in [2.24, 2.45) is 0 Å². The van der Waals surface area contributed by atoms with Crippen LogP contribution in [0.15, 0.2) is 30.3 Å². The number of para-hydroxylation sites is 1. The second kappa shape index (κ2) is 5.66. The van der Waals surface area contributed by atoms with Crippen molar-refractivity contribution in [2.75, 3.05) is 18.5 Å². The topological polar surface area (TPSA) is 27.1 Å². The number of hydrogen-bond acceptors (Lipinski definition) is 2. The molecule has 0 aliphatic carbocycles. The van der Waals surface area contributed by atoms with Crippen molar-refractivity contribution in [3.63, 3.8) is 0 Å². The Hall–Kier alpha value is -1.02. The fourth-order valence-electron chi connectivity index (χ4n) is 1.21. The zero-order chi connectivity index (χ0) is 10.4. The number of nitrogens with one attached hydrogen (secondary N) is 1. The molecular formula is C11H15ClN2. The molecule has 0 aromatic heterocycles. The molecular weight excluding hydrogens is 196 g/mol. The monoisotopic (exact) mass is 210 g/mol. The van der Waals surface area contributed by atoms with Gasteiger partial charge in [-0.3, -0.25) is 0 Å². The van der Waals surface area contributed by atoms with Crippen molar-refractivity contribution in [1.82, 2.24) is 0 Å². The van der Waals surface area contributed by atoms with Gasteiger partial charge in [0.2, 0.25) is 0 Å². The first kappa shape index (κ1) is 11.1. The van der Waals surface area contributed by atoms with Gasteiger partial charge in [0.25, 0.3) is 0 Å². The molecule has 1 N–H and O–H groups in total. The van der Waals surface area contributed by atoms with Gasteiger partial charge < -0.3 is 10.3 Å². The van der Waals surface area contributed by atoms with Crippen LogP contribution in [0.1, 0.15) is 6.42 Å². The van der Waals surface area contributed by atoms with E-state index in [1.165, 1.54) is 11.9 Å². The van der Waals surface area contributed by atoms with Crippen LogP contribution in [0.2, 0.25) is 0 Å². The molecule has 0 heterocycles. The van der Waals surface area contributed by atoms with Gasteiger partial charge in [-0.2, -0.15) is 0 Å². The molecule has 0 saturated carbocycles. The number of nitrogens with zero attached hydrogens (tertiary/aromatic N) is 1. The first-order valence-corrected chi connectivity index (χ1v) is 5.08. The minimum absolute atomic E-state index is 0.152. The van der Waals surface area contributed by atoms with E-state index in [-0.39, 0.29) is 5.38 Å². The van der Waals surface area contributed by atoms with E-state index < -0.39 is 0 Å². The summed E-state index contributed by atoms with van der Waals surface area (Å²) in [6.07, 6.45) is 2.08. The zero-order valence-electron chi connectivity index (χ0n) is 8.28. The highest BCUT2D eigenvalue weighted by molar-refractivity contribution is 6.27. The molecule has 0 aliphatic heterocycles. The summed E-state index contributed by atoms with van der Waals surface area (Å²) in [5, 5.41) is 6.83. The summed E-state index contributed by atoms with van der Waals surface area (Å²) in [6.45, 7) is 0.869. The van der Waals surface area contributed by atoms with Crippen LogP contribution in [0.25, 0.3) is 0 Å². The standard InChI is InChI=1S/C11H15ClN2/c1-14(8-7-10(12)9-13)11-5-3-2-4-6-11/h2-6,9-10,13H,7-8H2,1H3. The van der Waals surface area contributed by atoms with Crippen LogP contribution in [0.3, 0.4) is 0 Å². The molecule has 1 aromatic carbocycles. The van der Waals surface area contributed by atoms with Crippen LogP contribution >= 0.6 is 11.6 Å². The summed E-state index contributed by atoms with van der Waals surface area (Å²) in [6, 6.07) is 10.2. The van der Waals surface area contributed by atoms with Gasteiger partial charge in [0, 0.05) is 25.5 Å². The lowest BCUT2D eigenvalue weighted by molar-refractivity contribution is 0.825. The Bertz CT molecular complexity index is 274. The number of hydrogen-bond donors (Lipinski definition) is 1. The SMILES string of the molecule is CN(CCC(Cl)C=N)c1ccccc1. The Labute approximate surface area is 90.0 Å². The van der Waals surface area contributed by atoms with E-state index in [0.29, 0.717) is 0 Å². The van der Waals surface area contributed by atoms with Crippen LogP contribution in [-0.4, -0.2) is 25.2 Å². The third kappa shape index (κ3) is 3.38. The van der Waals surface area contributed by atoms with Gasteiger partial charge in [0.1, 0.15) is 0 Å². The van der Waals surface area contributed by atoms with Crippen LogP contribution < -0.4 is 4.90 Å². The minimum Gasteiger partial charge on any atom is -0.375 e. The predicted molar refractivity (Wildman–Crippen MR) is 62.8 cm³/mol. The summed E-state index contributed by atoms with van der Waals surface area (Å²) in [5.74, 6) is 0. The lowest BCUT2D eigenvalue weighted by Gasteiger charge is -2.19. The molecule has 0 saturated heterocycles. The average Bonchev–Trinajstić information content (AvgIpc) is 2.26. The van der Waals surface area contributed by atoms with Gasteiger partial charge in [0.05, 0.1) is 5.38 Å². The third-order valence-corrected chi connectivity index (χ3v) is 2.46. The first-order chi connectivity index (χ1) is 6.74. The molecule has 1 unspecified atom stereocenters. The molecule has 14 heavy (non-hydrogen) atoms. The molecule has 1 rings (SSSR count). The van der Waals surface area contributed by atoms with E-state index in [1.54, 1.807) is 0 Å². The quantitative estimate of drug-likeness (QED) is 0.587. The molecule has 3 heteroatoms. The Morgan fingerprint density at radius 1 is 1.43 bits per heavy atom. The Morgan fingerprint density at radius 2 is 2.07 bits per heavy atom. The van der Waals surface area contributed by atoms with Gasteiger partial charge in [-0.1, -0.05) is 18.2 Å². The fraction of sp³-hybridized carbons (Fsp3) is 0.364. The summed E-state index contributed by atoms with van der Waals surface area (Å²) < 4.78 is 0. The molecule has 0 aliphatic rings. The van der Waals surface area contributed by atoms with E-state index in [1.807, 2.05) is 25.2 Å². The van der Waals surface area contributed by atoms with Crippen LogP contribution in [0.5, 0.6) is 0 Å². The lowest BCUT2D eigenvalue weighted by Crippen LogP contribution is -2.21. The van der Waals surface area contributed by atoms with Crippen LogP contribution in [-0.2, 0) is 0 Å². The summed E-state index contributed by atoms with van der Waals surface area (Å²) in [4.78, 5) is 2.14. The van der Waals surface area contributed by atoms with Gasteiger partial charge in [-0.25, -0.2) is 0 Å². The summed E-state index contributed by atoms with van der Waals surface area (Å²) in [7, 11) is 2.03. The van der Waals surface area contributed by atoms with Gasteiger partial charge in [-0.05, 0) is 18.6 Å². The molecule has 1 atom stereocenters. The molecule has 0 spiro atoms. The van der Waals surface area contributed by atoms with Crippen LogP contribution in [0, 0.1) is 5.41 Å². The van der Waals surface area contributed by atoms with E-state index in [0.717, 1.165) is 13.0 Å². The van der Waals surface area contributed by atoms with Gasteiger partial charge >= 0.3 is 0 Å². The molecule has 2 nitrogen and oxygen atoms in total. The van der Waals surface area contributed by atoms with E-state index in [4.69, 9.17) is 17.0 Å². The molecule has 1 aromatic rings. The van der Waals surface area contributed by atoms with Crippen molar-refractivity contribution in [3.8, 4) is 0 Å². The highest BCUT2D eigenvalue weighted by Crippen LogP contribution is 2.12. The normalized spacial score (nSPS) is 12.1. The number of benzene rings is 1. The highest BCUT2D eigenvalue weighted by Gasteiger charge is 2.03. The highest BCUT2D eigenvalue weighted by atomic mass is 35.5. The van der Waals surface area contributed by atoms with Crippen molar-refractivity contribution < 1.29 is 0 Å². The summed E-state index contributed by atoms with van der Waals surface area (Å²) >= 11 is 5.83. The zero-order valence-corrected chi connectivity index (χ0v) is 9.04. The molecule has 0 radical (unpaired) electrons. The Morgan fingerprint density at radius 3 is 2.64 bits per heavy atom. The van der Waals surface area contributed by atoms with E-state index >= 15 is 0 Å². The van der Waals surface area contributed by atoms with Crippen molar-refractivity contribution in [2.45, 2.75) is 11.8 Å². The minimum atomic E-state index is -0.152. The largest absolute Gasteiger partial charge is 0.375 e. The second-order valence-electron chi connectivity index (χ2n) is 3.23. The van der Waals surface area contributed by atoms with Gasteiger partial charge in [-0.15, -0.1) is 11.6 Å².